The number of hydrogen-bond donors (Lipinski definition) is 0. The lowest BCUT2D eigenvalue weighted by molar-refractivity contribution is -0.124. The van der Waals surface area contributed by atoms with E-state index in [1.54, 1.807) is 20.8 Å². The van der Waals surface area contributed by atoms with Crippen molar-refractivity contribution in [2.24, 2.45) is 4.99 Å². The lowest BCUT2D eigenvalue weighted by atomic mass is 10.0. The highest BCUT2D eigenvalue weighted by Crippen LogP contribution is 2.21. The number of carbonyl (C=O) groups is 2. The summed E-state index contributed by atoms with van der Waals surface area (Å²) in [6.07, 6.45) is 5.95. The second-order valence-electron chi connectivity index (χ2n) is 6.51. The average Bonchev–Trinajstić information content (AvgIpc) is 2.52. The Bertz CT molecular complexity index is 642. The number of hydrogen-bond acceptors (Lipinski definition) is 5. The predicted octanol–water partition coefficient (Wildman–Crippen LogP) is 2.87. The van der Waals surface area contributed by atoms with Crippen molar-refractivity contribution in [1.29, 1.82) is 0 Å². The van der Waals surface area contributed by atoms with Gasteiger partial charge in [0, 0.05) is 18.9 Å². The molecule has 1 fully saturated rings. The van der Waals surface area contributed by atoms with E-state index in [2.05, 4.69) is 15.0 Å². The molecule has 0 N–H and O–H groups in total. The van der Waals surface area contributed by atoms with E-state index in [0.29, 0.717) is 18.7 Å². The van der Waals surface area contributed by atoms with Crippen molar-refractivity contribution >= 4 is 29.8 Å². The van der Waals surface area contributed by atoms with E-state index in [1.807, 2.05) is 0 Å². The van der Waals surface area contributed by atoms with Crippen LogP contribution in [0.3, 0.4) is 0 Å². The average molecular weight is 353 g/mol. The summed E-state index contributed by atoms with van der Waals surface area (Å²) in [6, 6.07) is -0.625. The molecule has 2 rings (SSSR count). The third kappa shape index (κ3) is 4.99. The Labute approximate surface area is 146 Å². The van der Waals surface area contributed by atoms with Crippen LogP contribution in [0.5, 0.6) is 0 Å². The first-order valence-corrected chi connectivity index (χ1v) is 8.20. The smallest absolute Gasteiger partial charge is 0.410 e. The van der Waals surface area contributed by atoms with Crippen molar-refractivity contribution in [3.63, 3.8) is 0 Å². The molecule has 1 aromatic rings. The zero-order valence-electron chi connectivity index (χ0n) is 14.0. The maximum Gasteiger partial charge on any atom is 0.410 e. The van der Waals surface area contributed by atoms with Crippen LogP contribution in [0, 0.1) is 0 Å². The Kier molecular flexibility index (Phi) is 5.88. The topological polar surface area (TPSA) is 84.8 Å². The SMILES string of the molecule is CC(C)(C)OC(=O)N1CCCCC1C(=O)N=Cc1nccnc1Cl. The van der Waals surface area contributed by atoms with Gasteiger partial charge >= 0.3 is 6.09 Å². The van der Waals surface area contributed by atoms with E-state index in [9.17, 15) is 9.59 Å². The van der Waals surface area contributed by atoms with Gasteiger partial charge in [-0.05, 0) is 40.0 Å². The van der Waals surface area contributed by atoms with Crippen molar-refractivity contribution < 1.29 is 14.3 Å². The Morgan fingerprint density at radius 2 is 2.04 bits per heavy atom. The molecular formula is C16H21ClN4O3. The van der Waals surface area contributed by atoms with Crippen molar-refractivity contribution in [3.05, 3.63) is 23.2 Å². The quantitative estimate of drug-likeness (QED) is 0.764. The van der Waals surface area contributed by atoms with E-state index < -0.39 is 23.6 Å². The lowest BCUT2D eigenvalue weighted by Crippen LogP contribution is -2.49. The molecule has 0 radical (unpaired) electrons. The number of nitrogens with zero attached hydrogens (tertiary/aromatic N) is 4. The molecule has 8 heteroatoms. The molecule has 1 atom stereocenters. The highest BCUT2D eigenvalue weighted by atomic mass is 35.5. The first kappa shape index (κ1) is 18.3. The largest absolute Gasteiger partial charge is 0.444 e. The molecule has 0 aromatic carbocycles. The molecule has 2 heterocycles. The van der Waals surface area contributed by atoms with Gasteiger partial charge in [0.2, 0.25) is 0 Å². The molecule has 1 saturated heterocycles. The minimum atomic E-state index is -0.625. The molecule has 2 amide bonds. The van der Waals surface area contributed by atoms with Gasteiger partial charge in [0.15, 0.2) is 5.15 Å². The summed E-state index contributed by atoms with van der Waals surface area (Å²) in [7, 11) is 0. The van der Waals surface area contributed by atoms with Crippen molar-refractivity contribution in [2.75, 3.05) is 6.54 Å². The molecule has 0 saturated carbocycles. The molecule has 0 aliphatic carbocycles. The van der Waals surface area contributed by atoms with Crippen molar-refractivity contribution in [3.8, 4) is 0 Å². The number of likely N-dealkylation sites (tertiary alicyclic amines) is 1. The molecule has 130 valence electrons. The number of amides is 2. The molecule has 1 aliphatic rings. The first-order valence-electron chi connectivity index (χ1n) is 7.82. The highest BCUT2D eigenvalue weighted by molar-refractivity contribution is 6.31. The zero-order valence-corrected chi connectivity index (χ0v) is 14.8. The van der Waals surface area contributed by atoms with Gasteiger partial charge in [-0.1, -0.05) is 11.6 Å². The van der Waals surface area contributed by atoms with Gasteiger partial charge in [0.1, 0.15) is 17.3 Å². The van der Waals surface area contributed by atoms with Crippen molar-refractivity contribution in [2.45, 2.75) is 51.7 Å². The maximum absolute atomic E-state index is 12.4. The number of rotatable bonds is 2. The Balaban J connectivity index is 2.10. The van der Waals surface area contributed by atoms with Gasteiger partial charge in [0.25, 0.3) is 5.91 Å². The van der Waals surface area contributed by atoms with E-state index in [-0.39, 0.29) is 5.15 Å². The van der Waals surface area contributed by atoms with Gasteiger partial charge in [-0.15, -0.1) is 0 Å². The minimum Gasteiger partial charge on any atom is -0.444 e. The summed E-state index contributed by atoms with van der Waals surface area (Å²) in [5, 5.41) is 0.168. The van der Waals surface area contributed by atoms with Crippen LogP contribution in [-0.4, -0.2) is 51.3 Å². The van der Waals surface area contributed by atoms with Crippen LogP contribution in [0.2, 0.25) is 5.15 Å². The molecule has 0 bridgehead atoms. The summed E-state index contributed by atoms with van der Waals surface area (Å²) in [5.41, 5.74) is -0.300. The van der Waals surface area contributed by atoms with Crippen LogP contribution >= 0.6 is 11.6 Å². The molecular weight excluding hydrogens is 332 g/mol. The second kappa shape index (κ2) is 7.70. The fraction of sp³-hybridized carbons (Fsp3) is 0.562. The minimum absolute atomic E-state index is 0.168. The van der Waals surface area contributed by atoms with Crippen LogP contribution in [0.15, 0.2) is 17.4 Å². The summed E-state index contributed by atoms with van der Waals surface area (Å²) in [5.74, 6) is -0.415. The normalized spacial score (nSPS) is 18.7. The van der Waals surface area contributed by atoms with E-state index >= 15 is 0 Å². The molecule has 24 heavy (non-hydrogen) atoms. The number of piperidine rings is 1. The standard InChI is InChI=1S/C16H21ClN4O3/c1-16(2,3)24-15(23)21-9-5-4-6-12(21)14(22)20-10-11-13(17)19-8-7-18-11/h7-8,10,12H,4-6,9H2,1-3H3. The lowest BCUT2D eigenvalue weighted by Gasteiger charge is -2.34. The number of halogens is 1. The Hall–Kier alpha value is -2.02. The third-order valence-electron chi connectivity index (χ3n) is 3.41. The maximum atomic E-state index is 12.4. The van der Waals surface area contributed by atoms with E-state index in [0.717, 1.165) is 12.8 Å². The van der Waals surface area contributed by atoms with Gasteiger partial charge in [0.05, 0.1) is 6.21 Å². The number of aromatic nitrogens is 2. The molecule has 1 aliphatic heterocycles. The summed E-state index contributed by atoms with van der Waals surface area (Å²) in [4.78, 5) is 38.0. The van der Waals surface area contributed by atoms with Gasteiger partial charge in [-0.25, -0.2) is 14.8 Å². The van der Waals surface area contributed by atoms with Crippen LogP contribution < -0.4 is 0 Å². The number of carbonyl (C=O) groups excluding carboxylic acids is 2. The number of ether oxygens (including phenoxy) is 1. The Morgan fingerprint density at radius 1 is 1.33 bits per heavy atom. The first-order chi connectivity index (χ1) is 11.3. The van der Waals surface area contributed by atoms with Gasteiger partial charge in [-0.3, -0.25) is 14.7 Å². The van der Waals surface area contributed by atoms with Crippen LogP contribution in [-0.2, 0) is 9.53 Å². The molecule has 0 spiro atoms. The summed E-state index contributed by atoms with van der Waals surface area (Å²) >= 11 is 5.88. The second-order valence-corrected chi connectivity index (χ2v) is 6.87. The molecule has 1 unspecified atom stereocenters. The fourth-order valence-corrected chi connectivity index (χ4v) is 2.51. The third-order valence-corrected chi connectivity index (χ3v) is 3.70. The molecule has 7 nitrogen and oxygen atoms in total. The molecule has 1 aromatic heterocycles. The van der Waals surface area contributed by atoms with Crippen LogP contribution in [0.1, 0.15) is 45.7 Å². The fourth-order valence-electron chi connectivity index (χ4n) is 2.36. The highest BCUT2D eigenvalue weighted by Gasteiger charge is 2.34. The van der Waals surface area contributed by atoms with Crippen molar-refractivity contribution in [1.82, 2.24) is 14.9 Å². The predicted molar refractivity (Wildman–Crippen MR) is 90.2 cm³/mol. The summed E-state index contributed by atoms with van der Waals surface area (Å²) < 4.78 is 5.38. The van der Waals surface area contributed by atoms with Gasteiger partial charge in [-0.2, -0.15) is 0 Å². The van der Waals surface area contributed by atoms with E-state index in [4.69, 9.17) is 16.3 Å². The zero-order chi connectivity index (χ0) is 17.7. The Morgan fingerprint density at radius 3 is 2.71 bits per heavy atom. The van der Waals surface area contributed by atoms with Crippen LogP contribution in [0.25, 0.3) is 0 Å². The monoisotopic (exact) mass is 352 g/mol. The van der Waals surface area contributed by atoms with Gasteiger partial charge < -0.3 is 4.74 Å². The van der Waals surface area contributed by atoms with E-state index in [1.165, 1.54) is 23.5 Å². The number of aliphatic imine (C=N–C) groups is 1. The summed E-state index contributed by atoms with van der Waals surface area (Å²) in [6.45, 7) is 5.85. The van der Waals surface area contributed by atoms with Crippen LogP contribution in [0.4, 0.5) is 4.79 Å².